The molecular weight excluding hydrogens is 401 g/mol. The number of hydrogen-bond donors (Lipinski definition) is 1. The zero-order valence-corrected chi connectivity index (χ0v) is 14.7. The first-order valence-corrected chi connectivity index (χ1v) is 8.11. The number of rotatable bonds is 4. The highest BCUT2D eigenvalue weighted by Crippen LogP contribution is 2.40. The Kier molecular flexibility index (Phi) is 4.64. The fourth-order valence-corrected chi connectivity index (χ4v) is 3.16. The second kappa shape index (κ2) is 6.59. The number of ether oxygens (including phenoxy) is 2. The maximum Gasteiger partial charge on any atom is 0.387 e. The van der Waals surface area contributed by atoms with Gasteiger partial charge in [-0.25, -0.2) is 9.38 Å². The van der Waals surface area contributed by atoms with Gasteiger partial charge >= 0.3 is 6.61 Å². The molecular formula is C17H14BrF3N2O2. The molecule has 1 aliphatic rings. The quantitative estimate of drug-likeness (QED) is 0.819. The third kappa shape index (κ3) is 3.30. The molecule has 0 saturated heterocycles. The highest BCUT2D eigenvalue weighted by atomic mass is 79.9. The first-order valence-electron chi connectivity index (χ1n) is 7.31. The minimum atomic E-state index is -2.91. The number of halogens is 4. The van der Waals surface area contributed by atoms with Gasteiger partial charge < -0.3 is 15.2 Å². The Morgan fingerprint density at radius 2 is 1.92 bits per heavy atom. The molecule has 1 heterocycles. The molecule has 4 nitrogen and oxygen atoms in total. The molecule has 1 atom stereocenters. The summed E-state index contributed by atoms with van der Waals surface area (Å²) in [7, 11) is 0. The number of alkyl halides is 2. The predicted molar refractivity (Wildman–Crippen MR) is 90.3 cm³/mol. The van der Waals surface area contributed by atoms with Crippen LogP contribution in [0.1, 0.15) is 16.7 Å². The van der Waals surface area contributed by atoms with Crippen molar-refractivity contribution in [3.05, 3.63) is 63.4 Å². The van der Waals surface area contributed by atoms with Crippen molar-refractivity contribution in [2.75, 3.05) is 6.61 Å². The largest absolute Gasteiger partial charge is 0.462 e. The van der Waals surface area contributed by atoms with Gasteiger partial charge in [-0.2, -0.15) is 8.78 Å². The standard InChI is InChI=1S/C17H14BrF3N2O2/c1-9-6-10(3-5-14(9)25-15(20)21)17(8-24-16(22)23-17)11-2-4-13(19)12(18)7-11/h2-7,15H,8H2,1H3,(H2,22,23). The molecule has 0 radical (unpaired) electrons. The van der Waals surface area contributed by atoms with E-state index in [1.807, 2.05) is 0 Å². The Morgan fingerprint density at radius 1 is 1.24 bits per heavy atom. The van der Waals surface area contributed by atoms with Gasteiger partial charge in [-0.3, -0.25) is 0 Å². The molecule has 0 amide bonds. The van der Waals surface area contributed by atoms with Crippen molar-refractivity contribution in [2.24, 2.45) is 10.7 Å². The molecule has 132 valence electrons. The van der Waals surface area contributed by atoms with E-state index in [9.17, 15) is 13.2 Å². The van der Waals surface area contributed by atoms with Gasteiger partial charge in [-0.1, -0.05) is 12.1 Å². The molecule has 2 aromatic rings. The Balaban J connectivity index is 2.11. The van der Waals surface area contributed by atoms with Gasteiger partial charge in [0.15, 0.2) is 5.54 Å². The van der Waals surface area contributed by atoms with Crippen molar-refractivity contribution in [3.8, 4) is 5.75 Å². The summed E-state index contributed by atoms with van der Waals surface area (Å²) < 4.78 is 48.6. The molecule has 0 saturated carbocycles. The zero-order valence-electron chi connectivity index (χ0n) is 13.1. The number of hydrogen-bond acceptors (Lipinski definition) is 4. The van der Waals surface area contributed by atoms with Gasteiger partial charge in [0.1, 0.15) is 18.2 Å². The van der Waals surface area contributed by atoms with E-state index in [2.05, 4.69) is 25.7 Å². The van der Waals surface area contributed by atoms with Gasteiger partial charge in [-0.15, -0.1) is 0 Å². The molecule has 1 unspecified atom stereocenters. The number of nitrogens with zero attached hydrogens (tertiary/aromatic N) is 1. The van der Waals surface area contributed by atoms with E-state index in [-0.39, 0.29) is 22.9 Å². The summed E-state index contributed by atoms with van der Waals surface area (Å²) in [5.41, 5.74) is 6.55. The van der Waals surface area contributed by atoms with Crippen LogP contribution in [-0.2, 0) is 10.3 Å². The Labute approximate surface area is 150 Å². The van der Waals surface area contributed by atoms with Gasteiger partial charge in [0.2, 0.25) is 0 Å². The number of aliphatic imine (C=N–C) groups is 1. The lowest BCUT2D eigenvalue weighted by molar-refractivity contribution is -0.0503. The summed E-state index contributed by atoms with van der Waals surface area (Å²) >= 11 is 3.16. The first kappa shape index (κ1) is 17.6. The fraction of sp³-hybridized carbons (Fsp3) is 0.235. The van der Waals surface area contributed by atoms with E-state index in [0.29, 0.717) is 16.7 Å². The van der Waals surface area contributed by atoms with Crippen LogP contribution in [0.4, 0.5) is 13.2 Å². The highest BCUT2D eigenvalue weighted by Gasteiger charge is 2.40. The van der Waals surface area contributed by atoms with Gasteiger partial charge in [-0.05, 0) is 63.8 Å². The molecule has 3 rings (SSSR count). The zero-order chi connectivity index (χ0) is 18.2. The van der Waals surface area contributed by atoms with Crippen molar-refractivity contribution < 1.29 is 22.6 Å². The maximum atomic E-state index is 13.6. The number of aryl methyl sites for hydroxylation is 1. The fourth-order valence-electron chi connectivity index (χ4n) is 2.78. The summed E-state index contributed by atoms with van der Waals surface area (Å²) in [5, 5.41) is 0. The summed E-state index contributed by atoms with van der Waals surface area (Å²) in [6.45, 7) is -1.14. The monoisotopic (exact) mass is 414 g/mol. The van der Waals surface area contributed by atoms with E-state index < -0.39 is 18.0 Å². The second-order valence-corrected chi connectivity index (χ2v) is 6.44. The predicted octanol–water partition coefficient (Wildman–Crippen LogP) is 4.09. The van der Waals surface area contributed by atoms with Crippen LogP contribution in [0.2, 0.25) is 0 Å². The topological polar surface area (TPSA) is 56.8 Å². The summed E-state index contributed by atoms with van der Waals surface area (Å²) in [4.78, 5) is 4.40. The average molecular weight is 415 g/mol. The van der Waals surface area contributed by atoms with Crippen LogP contribution in [-0.4, -0.2) is 19.2 Å². The normalized spacial score (nSPS) is 19.7. The average Bonchev–Trinajstić information content (AvgIpc) is 2.95. The van der Waals surface area contributed by atoms with Crippen LogP contribution in [0.3, 0.4) is 0 Å². The van der Waals surface area contributed by atoms with Crippen LogP contribution < -0.4 is 10.5 Å². The van der Waals surface area contributed by atoms with Crippen molar-refractivity contribution in [1.29, 1.82) is 0 Å². The van der Waals surface area contributed by atoms with Gasteiger partial charge in [0, 0.05) is 0 Å². The molecule has 1 aliphatic heterocycles. The van der Waals surface area contributed by atoms with Crippen LogP contribution >= 0.6 is 15.9 Å². The molecule has 8 heteroatoms. The van der Waals surface area contributed by atoms with E-state index in [0.717, 1.165) is 0 Å². The van der Waals surface area contributed by atoms with Crippen LogP contribution in [0.25, 0.3) is 0 Å². The molecule has 0 aromatic heterocycles. The minimum Gasteiger partial charge on any atom is -0.462 e. The lowest BCUT2D eigenvalue weighted by Gasteiger charge is -2.26. The van der Waals surface area contributed by atoms with Crippen molar-refractivity contribution in [3.63, 3.8) is 0 Å². The Hall–Kier alpha value is -2.22. The van der Waals surface area contributed by atoms with E-state index in [4.69, 9.17) is 10.5 Å². The number of nitrogens with two attached hydrogens (primary N) is 1. The van der Waals surface area contributed by atoms with E-state index in [1.165, 1.54) is 12.1 Å². The maximum absolute atomic E-state index is 13.6. The lowest BCUT2D eigenvalue weighted by Crippen LogP contribution is -2.27. The SMILES string of the molecule is Cc1cc(C2(c3ccc(F)c(Br)c3)COC(N)=N2)ccc1OC(F)F. The van der Waals surface area contributed by atoms with Crippen molar-refractivity contribution >= 4 is 22.0 Å². The molecule has 0 aliphatic carbocycles. The number of amidine groups is 1. The Morgan fingerprint density at radius 3 is 2.48 bits per heavy atom. The van der Waals surface area contributed by atoms with Crippen molar-refractivity contribution in [1.82, 2.24) is 0 Å². The third-order valence-corrected chi connectivity index (χ3v) is 4.60. The minimum absolute atomic E-state index is 0.00556. The first-order chi connectivity index (χ1) is 11.8. The second-order valence-electron chi connectivity index (χ2n) is 5.59. The molecule has 25 heavy (non-hydrogen) atoms. The lowest BCUT2D eigenvalue weighted by atomic mass is 9.83. The molecule has 0 spiro atoms. The molecule has 2 N–H and O–H groups in total. The van der Waals surface area contributed by atoms with Crippen LogP contribution in [0, 0.1) is 12.7 Å². The molecule has 2 aromatic carbocycles. The van der Waals surface area contributed by atoms with Crippen molar-refractivity contribution in [2.45, 2.75) is 19.1 Å². The van der Waals surface area contributed by atoms with Gasteiger partial charge in [0.25, 0.3) is 6.02 Å². The van der Waals surface area contributed by atoms with E-state index in [1.54, 1.807) is 31.2 Å². The van der Waals surface area contributed by atoms with Gasteiger partial charge in [0.05, 0.1) is 4.47 Å². The molecule has 0 bridgehead atoms. The summed E-state index contributed by atoms with van der Waals surface area (Å²) in [6.07, 6.45) is 0. The Bertz CT molecular complexity index is 845. The van der Waals surface area contributed by atoms with Crippen LogP contribution in [0.15, 0.2) is 45.9 Å². The van der Waals surface area contributed by atoms with Crippen LogP contribution in [0.5, 0.6) is 5.75 Å². The smallest absolute Gasteiger partial charge is 0.387 e. The summed E-state index contributed by atoms with van der Waals surface area (Å²) in [5.74, 6) is -0.336. The summed E-state index contributed by atoms with van der Waals surface area (Å²) in [6, 6.07) is 9.25. The highest BCUT2D eigenvalue weighted by molar-refractivity contribution is 9.10. The number of benzene rings is 2. The van der Waals surface area contributed by atoms with E-state index >= 15 is 0 Å². The molecule has 0 fully saturated rings. The third-order valence-electron chi connectivity index (χ3n) is 4.00.